The lowest BCUT2D eigenvalue weighted by Crippen LogP contribution is -2.53. The van der Waals surface area contributed by atoms with Crippen molar-refractivity contribution in [3.05, 3.63) is 54.6 Å². The van der Waals surface area contributed by atoms with Gasteiger partial charge < -0.3 is 20.6 Å². The molecule has 40 heavy (non-hydrogen) atoms. The molecule has 5 atom stereocenters. The molecule has 11 heteroatoms. The summed E-state index contributed by atoms with van der Waals surface area (Å²) in [5, 5.41) is 23.5. The van der Waals surface area contributed by atoms with E-state index in [1.807, 2.05) is 54.6 Å². The second-order valence-electron chi connectivity index (χ2n) is 10.9. The molecule has 2 bridgehead atoms. The van der Waals surface area contributed by atoms with Crippen LogP contribution in [0.4, 0.5) is 5.69 Å². The van der Waals surface area contributed by atoms with Gasteiger partial charge in [0.1, 0.15) is 18.2 Å². The largest absolute Gasteiger partial charge is 0.396 e. The summed E-state index contributed by atoms with van der Waals surface area (Å²) < 4.78 is 1.01. The number of hydrogen-bond acceptors (Lipinski definition) is 7. The van der Waals surface area contributed by atoms with E-state index in [1.54, 1.807) is 21.3 Å². The fourth-order valence-electron chi connectivity index (χ4n) is 6.77. The minimum Gasteiger partial charge on any atom is -0.396 e. The van der Waals surface area contributed by atoms with Gasteiger partial charge in [0.05, 0.1) is 22.1 Å². The highest BCUT2D eigenvalue weighted by Crippen LogP contribution is 2.66. The second-order valence-corrected chi connectivity index (χ2v) is 12.5. The van der Waals surface area contributed by atoms with Gasteiger partial charge in [-0.05, 0) is 49.9 Å². The molecule has 4 heterocycles. The van der Waals surface area contributed by atoms with Gasteiger partial charge in [-0.25, -0.2) is 4.68 Å². The molecule has 1 aromatic heterocycles. The quantitative estimate of drug-likeness (QED) is 0.307. The van der Waals surface area contributed by atoms with Gasteiger partial charge in [-0.15, -0.1) is 16.9 Å². The Bertz CT molecular complexity index is 1400. The topological polar surface area (TPSA) is 129 Å². The third-order valence-electron chi connectivity index (χ3n) is 8.52. The summed E-state index contributed by atoms with van der Waals surface area (Å²) >= 11 is 1.66. The van der Waals surface area contributed by atoms with Crippen molar-refractivity contribution in [2.45, 2.75) is 61.2 Å². The number of anilines is 1. The number of rotatable bonds is 11. The molecule has 2 aromatic carbocycles. The van der Waals surface area contributed by atoms with Crippen molar-refractivity contribution in [1.29, 1.82) is 0 Å². The number of carbonyl (C=O) groups is 3. The van der Waals surface area contributed by atoms with Crippen LogP contribution in [0.2, 0.25) is 0 Å². The van der Waals surface area contributed by atoms with Crippen LogP contribution in [0.3, 0.4) is 0 Å². The van der Waals surface area contributed by atoms with Crippen LogP contribution in [0.25, 0.3) is 11.0 Å². The lowest BCUT2D eigenvalue weighted by Gasteiger charge is -2.34. The Balaban J connectivity index is 1.25. The Morgan fingerprint density at radius 2 is 1.80 bits per heavy atom. The van der Waals surface area contributed by atoms with Crippen LogP contribution in [-0.4, -0.2) is 71.9 Å². The first-order valence-corrected chi connectivity index (χ1v) is 14.9. The van der Waals surface area contributed by atoms with Gasteiger partial charge in [0, 0.05) is 24.1 Å². The van der Waals surface area contributed by atoms with Crippen molar-refractivity contribution < 1.29 is 19.5 Å². The first-order valence-electron chi connectivity index (χ1n) is 14.0. The molecule has 3 N–H and O–H groups in total. The van der Waals surface area contributed by atoms with Gasteiger partial charge in [-0.2, -0.15) is 0 Å². The summed E-state index contributed by atoms with van der Waals surface area (Å²) in [4.78, 5) is 43.3. The van der Waals surface area contributed by atoms with Crippen LogP contribution >= 0.6 is 11.8 Å². The molecule has 3 aliphatic rings. The molecule has 0 aliphatic carbocycles. The van der Waals surface area contributed by atoms with Gasteiger partial charge in [0.2, 0.25) is 17.7 Å². The van der Waals surface area contributed by atoms with E-state index in [4.69, 9.17) is 5.11 Å². The fraction of sp³-hybridized carbons (Fsp3) is 0.483. The Hall–Kier alpha value is -3.44. The molecule has 3 aromatic rings. The average molecular weight is 563 g/mol. The number of hydrogen-bond donors (Lipinski definition) is 3. The molecule has 3 aliphatic heterocycles. The molecular formula is C29H34N6O4S. The summed E-state index contributed by atoms with van der Waals surface area (Å²) in [6, 6.07) is 16.2. The van der Waals surface area contributed by atoms with Gasteiger partial charge in [0.15, 0.2) is 0 Å². The van der Waals surface area contributed by atoms with Crippen molar-refractivity contribution in [1.82, 2.24) is 25.2 Å². The average Bonchev–Trinajstić information content (AvgIpc) is 3.72. The zero-order valence-electron chi connectivity index (χ0n) is 22.2. The third kappa shape index (κ3) is 4.64. The van der Waals surface area contributed by atoms with E-state index >= 15 is 0 Å². The van der Waals surface area contributed by atoms with Gasteiger partial charge in [-0.1, -0.05) is 48.4 Å². The maximum Gasteiger partial charge on any atom is 0.245 e. The number of likely N-dealkylation sites (tertiary alicyclic amines) is 1. The smallest absolute Gasteiger partial charge is 0.245 e. The first kappa shape index (κ1) is 26.8. The number of fused-ring (bicyclic) bond motifs is 2. The number of aliphatic hydroxyl groups excluding tert-OH is 1. The number of aliphatic hydroxyl groups is 1. The fourth-order valence-corrected chi connectivity index (χ4v) is 8.99. The standard InChI is InChI=1S/C29H34N6O4S/c36-17-9-2-1-8-16-34-25(27(38)30-18-35-21-13-7-6-12-20(21)32-33-35)29-15-14-22(40-29)23(24(29)28(34)39)26(37)31-19-10-4-3-5-11-19/h3-7,10-13,22-25,36H,1-2,8-9,14-18H2,(H,30,38)(H,31,37)/t22-,23+,24+,25?,29?/m1/s1. The first-order chi connectivity index (χ1) is 19.5. The number of carbonyl (C=O) groups excluding carboxylic acids is 3. The number of amides is 3. The zero-order chi connectivity index (χ0) is 27.7. The highest BCUT2D eigenvalue weighted by atomic mass is 32.2. The molecule has 2 unspecified atom stereocenters. The normalized spacial score (nSPS) is 26.8. The van der Waals surface area contributed by atoms with Crippen LogP contribution in [0.15, 0.2) is 54.6 Å². The van der Waals surface area contributed by atoms with Crippen molar-refractivity contribution >= 4 is 46.2 Å². The summed E-state index contributed by atoms with van der Waals surface area (Å²) in [5.41, 5.74) is 2.26. The van der Waals surface area contributed by atoms with E-state index in [0.29, 0.717) is 12.2 Å². The monoisotopic (exact) mass is 562 g/mol. The molecule has 3 amide bonds. The van der Waals surface area contributed by atoms with Gasteiger partial charge in [-0.3, -0.25) is 14.4 Å². The van der Waals surface area contributed by atoms with E-state index in [1.165, 1.54) is 0 Å². The SMILES string of the molecule is O=C(NCn1nnc2ccccc21)C1N(CCCCCCO)C(=O)[C@@H]2[C@@H](C(=O)Nc3ccccc3)[C@H]3CCC12S3. The minimum absolute atomic E-state index is 0.000995. The lowest BCUT2D eigenvalue weighted by molar-refractivity contribution is -0.139. The second kappa shape index (κ2) is 11.2. The van der Waals surface area contributed by atoms with Gasteiger partial charge >= 0.3 is 0 Å². The van der Waals surface area contributed by atoms with E-state index in [-0.39, 0.29) is 36.2 Å². The molecular weight excluding hydrogens is 528 g/mol. The lowest BCUT2D eigenvalue weighted by atomic mass is 9.70. The summed E-state index contributed by atoms with van der Waals surface area (Å²) in [6.45, 7) is 0.734. The number of para-hydroxylation sites is 2. The van der Waals surface area contributed by atoms with Crippen molar-refractivity contribution in [2.75, 3.05) is 18.5 Å². The molecule has 0 saturated carbocycles. The third-order valence-corrected chi connectivity index (χ3v) is 10.5. The molecule has 0 radical (unpaired) electrons. The molecule has 3 fully saturated rings. The van der Waals surface area contributed by atoms with Crippen LogP contribution in [0.1, 0.15) is 38.5 Å². The van der Waals surface area contributed by atoms with Crippen molar-refractivity contribution in [3.8, 4) is 0 Å². The number of thioether (sulfide) groups is 1. The molecule has 210 valence electrons. The molecule has 10 nitrogen and oxygen atoms in total. The predicted molar refractivity (Wildman–Crippen MR) is 152 cm³/mol. The van der Waals surface area contributed by atoms with E-state index in [2.05, 4.69) is 20.9 Å². The highest BCUT2D eigenvalue weighted by molar-refractivity contribution is 8.02. The molecule has 3 saturated heterocycles. The molecule has 6 rings (SSSR count). The van der Waals surface area contributed by atoms with Crippen LogP contribution in [0.5, 0.6) is 0 Å². The number of benzene rings is 2. The predicted octanol–water partition coefficient (Wildman–Crippen LogP) is 2.79. The van der Waals surface area contributed by atoms with E-state index in [0.717, 1.165) is 49.6 Å². The van der Waals surface area contributed by atoms with Crippen molar-refractivity contribution in [2.24, 2.45) is 11.8 Å². The van der Waals surface area contributed by atoms with Crippen LogP contribution in [0, 0.1) is 11.8 Å². The Labute approximate surface area is 236 Å². The maximum atomic E-state index is 14.1. The van der Waals surface area contributed by atoms with Gasteiger partial charge in [0.25, 0.3) is 0 Å². The minimum atomic E-state index is -0.665. The van der Waals surface area contributed by atoms with Crippen LogP contribution < -0.4 is 10.6 Å². The zero-order valence-corrected chi connectivity index (χ0v) is 23.1. The molecule has 1 spiro atoms. The van der Waals surface area contributed by atoms with Crippen molar-refractivity contribution in [3.63, 3.8) is 0 Å². The van der Waals surface area contributed by atoms with Crippen LogP contribution in [-0.2, 0) is 21.1 Å². The number of nitrogens with one attached hydrogen (secondary N) is 2. The summed E-state index contributed by atoms with van der Waals surface area (Å²) in [5.74, 6) is -1.50. The van der Waals surface area contributed by atoms with E-state index < -0.39 is 22.6 Å². The number of unbranched alkanes of at least 4 members (excludes halogenated alkanes) is 3. The Morgan fingerprint density at radius 3 is 2.62 bits per heavy atom. The maximum absolute atomic E-state index is 14.1. The Kier molecular flexibility index (Phi) is 7.50. The number of nitrogens with zero attached hydrogens (tertiary/aromatic N) is 4. The van der Waals surface area contributed by atoms with E-state index in [9.17, 15) is 14.4 Å². The highest BCUT2D eigenvalue weighted by Gasteiger charge is 2.73. The number of aromatic nitrogens is 3. The summed E-state index contributed by atoms with van der Waals surface area (Å²) in [7, 11) is 0. The Morgan fingerprint density at radius 1 is 1.02 bits per heavy atom. The summed E-state index contributed by atoms with van der Waals surface area (Å²) in [6.07, 6.45) is 4.69.